The zero-order valence-electron chi connectivity index (χ0n) is 21.1. The van der Waals surface area contributed by atoms with E-state index in [9.17, 15) is 0 Å². The maximum Gasteiger partial charge on any atom is 0.138 e. The first-order valence-corrected chi connectivity index (χ1v) is 11.5. The van der Waals surface area contributed by atoms with Crippen molar-refractivity contribution in [1.82, 2.24) is 0 Å². The monoisotopic (exact) mass is 414 g/mol. The first-order chi connectivity index (χ1) is 14.8. The van der Waals surface area contributed by atoms with Crippen LogP contribution in [0, 0.1) is 41.5 Å². The van der Waals surface area contributed by atoms with Gasteiger partial charge in [0.2, 0.25) is 0 Å². The van der Waals surface area contributed by atoms with Crippen molar-refractivity contribution in [3.63, 3.8) is 0 Å². The SMILES string of the molecule is C=c1c(C)cc2c(c1C)Oc1c(cc(C)c(C)c1C)C=2c1ccccc1C.CC.CC. The van der Waals surface area contributed by atoms with Crippen LogP contribution in [0.15, 0.2) is 36.4 Å². The Kier molecular flexibility index (Phi) is 7.90. The van der Waals surface area contributed by atoms with E-state index in [1.54, 1.807) is 0 Å². The second kappa shape index (κ2) is 10.0. The molecule has 3 aromatic carbocycles. The molecule has 0 saturated heterocycles. The fourth-order valence-electron chi connectivity index (χ4n) is 4.09. The minimum absolute atomic E-state index is 0.947. The van der Waals surface area contributed by atoms with Gasteiger partial charge < -0.3 is 4.74 Å². The minimum Gasteiger partial charge on any atom is -0.455 e. The van der Waals surface area contributed by atoms with E-state index in [0.29, 0.717) is 0 Å². The summed E-state index contributed by atoms with van der Waals surface area (Å²) in [6.07, 6.45) is 0. The van der Waals surface area contributed by atoms with E-state index in [2.05, 4.69) is 84.5 Å². The van der Waals surface area contributed by atoms with Crippen LogP contribution >= 0.6 is 0 Å². The molecule has 1 aliphatic rings. The molecule has 0 N–H and O–H groups in total. The average Bonchev–Trinajstić information content (AvgIpc) is 2.79. The second-order valence-electron chi connectivity index (χ2n) is 7.79. The number of benzene rings is 3. The molecule has 31 heavy (non-hydrogen) atoms. The van der Waals surface area contributed by atoms with Gasteiger partial charge in [-0.15, -0.1) is 0 Å². The van der Waals surface area contributed by atoms with Crippen molar-refractivity contribution < 1.29 is 4.74 Å². The molecule has 0 aliphatic carbocycles. The summed E-state index contributed by atoms with van der Waals surface area (Å²) in [5.41, 5.74) is 11.1. The lowest BCUT2D eigenvalue weighted by molar-refractivity contribution is 0.463. The van der Waals surface area contributed by atoms with E-state index in [1.807, 2.05) is 27.7 Å². The molecule has 0 bridgehead atoms. The molecule has 0 saturated carbocycles. The normalized spacial score (nSPS) is 11.2. The maximum absolute atomic E-state index is 6.54. The Labute approximate surface area is 189 Å². The summed E-state index contributed by atoms with van der Waals surface area (Å²) in [7, 11) is 0. The molecule has 4 rings (SSSR count). The van der Waals surface area contributed by atoms with E-state index in [4.69, 9.17) is 4.74 Å². The van der Waals surface area contributed by atoms with Crippen LogP contribution in [0.4, 0.5) is 0 Å². The predicted molar refractivity (Wildman–Crippen MR) is 137 cm³/mol. The molecule has 1 aliphatic heterocycles. The van der Waals surface area contributed by atoms with Gasteiger partial charge in [-0.3, -0.25) is 0 Å². The summed E-state index contributed by atoms with van der Waals surface area (Å²) >= 11 is 0. The standard InChI is InChI=1S/C26H26O.2C2H6/c1-14-10-8-9-11-21(14)24-22-12-15(2)17(4)19(6)25(22)27-26-20(7)18(5)16(3)13-23(24)26;2*1-2/h8-13H,4H2,1-3,5-7H3;2*1-2H3. The van der Waals surface area contributed by atoms with Crippen molar-refractivity contribution in [2.45, 2.75) is 69.2 Å². The molecule has 3 aromatic rings. The van der Waals surface area contributed by atoms with E-state index in [-0.39, 0.29) is 0 Å². The van der Waals surface area contributed by atoms with Gasteiger partial charge >= 0.3 is 0 Å². The molecular weight excluding hydrogens is 376 g/mol. The number of hydrogen-bond acceptors (Lipinski definition) is 1. The highest BCUT2D eigenvalue weighted by Gasteiger charge is 2.25. The summed E-state index contributed by atoms with van der Waals surface area (Å²) in [5, 5.41) is 2.23. The van der Waals surface area contributed by atoms with Crippen LogP contribution in [0.1, 0.15) is 72.2 Å². The zero-order valence-corrected chi connectivity index (χ0v) is 21.1. The van der Waals surface area contributed by atoms with E-state index >= 15 is 0 Å². The molecule has 0 atom stereocenters. The van der Waals surface area contributed by atoms with Crippen molar-refractivity contribution >= 4 is 12.2 Å². The van der Waals surface area contributed by atoms with Gasteiger partial charge in [0, 0.05) is 16.4 Å². The van der Waals surface area contributed by atoms with E-state index in [1.165, 1.54) is 49.7 Å². The molecule has 0 spiro atoms. The van der Waals surface area contributed by atoms with Crippen LogP contribution in [0.2, 0.25) is 0 Å². The van der Waals surface area contributed by atoms with Crippen LogP contribution in [0.25, 0.3) is 12.2 Å². The van der Waals surface area contributed by atoms with Crippen molar-refractivity contribution in [3.8, 4) is 11.5 Å². The number of hydrogen-bond donors (Lipinski definition) is 0. The number of fused-ring (bicyclic) bond motifs is 2. The lowest BCUT2D eigenvalue weighted by atomic mass is 9.86. The minimum atomic E-state index is 0.947. The lowest BCUT2D eigenvalue weighted by Gasteiger charge is -2.27. The van der Waals surface area contributed by atoms with Crippen LogP contribution in [-0.2, 0) is 0 Å². The fourth-order valence-corrected chi connectivity index (χ4v) is 4.09. The highest BCUT2D eigenvalue weighted by molar-refractivity contribution is 5.88. The molecule has 0 aromatic heterocycles. The smallest absolute Gasteiger partial charge is 0.138 e. The second-order valence-corrected chi connectivity index (χ2v) is 7.79. The van der Waals surface area contributed by atoms with Crippen LogP contribution in [0.3, 0.4) is 0 Å². The third-order valence-corrected chi connectivity index (χ3v) is 6.13. The highest BCUT2D eigenvalue weighted by Crippen LogP contribution is 2.41. The molecule has 1 heteroatoms. The van der Waals surface area contributed by atoms with Crippen molar-refractivity contribution in [3.05, 3.63) is 91.3 Å². The topological polar surface area (TPSA) is 9.23 Å². The zero-order chi connectivity index (χ0) is 23.5. The van der Waals surface area contributed by atoms with Crippen molar-refractivity contribution in [1.29, 1.82) is 0 Å². The third kappa shape index (κ3) is 4.19. The average molecular weight is 415 g/mol. The molecule has 1 heterocycles. The Hall–Kier alpha value is -2.80. The first-order valence-electron chi connectivity index (χ1n) is 11.5. The molecule has 0 radical (unpaired) electrons. The lowest BCUT2D eigenvalue weighted by Crippen LogP contribution is -2.25. The van der Waals surface area contributed by atoms with Crippen molar-refractivity contribution in [2.24, 2.45) is 0 Å². The van der Waals surface area contributed by atoms with E-state index < -0.39 is 0 Å². The summed E-state index contributed by atoms with van der Waals surface area (Å²) in [4.78, 5) is 0. The molecular formula is C30H38O. The van der Waals surface area contributed by atoms with Crippen LogP contribution < -0.4 is 15.2 Å². The number of rotatable bonds is 1. The molecule has 0 amide bonds. The molecule has 1 nitrogen and oxygen atoms in total. The van der Waals surface area contributed by atoms with Gasteiger partial charge in [-0.2, -0.15) is 0 Å². The third-order valence-electron chi connectivity index (χ3n) is 6.13. The number of ether oxygens (including phenoxy) is 1. The Bertz CT molecular complexity index is 1210. The van der Waals surface area contributed by atoms with Crippen LogP contribution in [-0.4, -0.2) is 0 Å². The Morgan fingerprint density at radius 1 is 0.613 bits per heavy atom. The predicted octanol–water partition coefficient (Wildman–Crippen LogP) is 7.35. The Morgan fingerprint density at radius 3 is 1.84 bits per heavy atom. The van der Waals surface area contributed by atoms with Gasteiger partial charge in [0.25, 0.3) is 0 Å². The van der Waals surface area contributed by atoms with E-state index in [0.717, 1.165) is 22.3 Å². The highest BCUT2D eigenvalue weighted by atomic mass is 16.5. The summed E-state index contributed by atoms with van der Waals surface area (Å²) in [6, 6.07) is 13.1. The van der Waals surface area contributed by atoms with Gasteiger partial charge in [-0.05, 0) is 97.8 Å². The van der Waals surface area contributed by atoms with Gasteiger partial charge in [0.1, 0.15) is 11.5 Å². The van der Waals surface area contributed by atoms with Gasteiger partial charge in [0.05, 0.1) is 0 Å². The van der Waals surface area contributed by atoms with Gasteiger partial charge in [-0.25, -0.2) is 0 Å². The quantitative estimate of drug-likeness (QED) is 0.316. The van der Waals surface area contributed by atoms with Crippen LogP contribution in [0.5, 0.6) is 11.5 Å². The largest absolute Gasteiger partial charge is 0.455 e. The fraction of sp³-hybridized carbons (Fsp3) is 0.333. The summed E-state index contributed by atoms with van der Waals surface area (Å²) in [5.74, 6) is 1.93. The first kappa shape index (κ1) is 24.5. The summed E-state index contributed by atoms with van der Waals surface area (Å²) in [6.45, 7) is 25.2. The summed E-state index contributed by atoms with van der Waals surface area (Å²) < 4.78 is 6.54. The molecule has 0 fully saturated rings. The van der Waals surface area contributed by atoms with Gasteiger partial charge in [-0.1, -0.05) is 58.5 Å². The number of aryl methyl sites for hydroxylation is 3. The van der Waals surface area contributed by atoms with Gasteiger partial charge in [0.15, 0.2) is 0 Å². The van der Waals surface area contributed by atoms with Crippen molar-refractivity contribution in [2.75, 3.05) is 0 Å². The molecule has 164 valence electrons. The molecule has 0 unspecified atom stereocenters. The Balaban J connectivity index is 0.000000807. The maximum atomic E-state index is 6.54. The Morgan fingerprint density at radius 2 is 1.23 bits per heavy atom.